The number of imide groups is 1. The smallest absolute Gasteiger partial charge is 0.330 e. The number of nitrogens with zero attached hydrogens (tertiary/aromatic N) is 3. The molecule has 7 heteroatoms. The molecule has 1 aliphatic carbocycles. The highest BCUT2D eigenvalue weighted by Gasteiger charge is 2.35. The van der Waals surface area contributed by atoms with Crippen molar-refractivity contribution in [3.63, 3.8) is 0 Å². The third kappa shape index (κ3) is 3.84. The van der Waals surface area contributed by atoms with Crippen LogP contribution < -0.4 is 0 Å². The van der Waals surface area contributed by atoms with Crippen LogP contribution in [0.3, 0.4) is 0 Å². The van der Waals surface area contributed by atoms with E-state index in [4.69, 9.17) is 4.84 Å². The molecule has 1 aromatic rings. The highest BCUT2D eigenvalue weighted by molar-refractivity contribution is 6.01. The average molecular weight is 329 g/mol. The zero-order valence-electron chi connectivity index (χ0n) is 13.3. The summed E-state index contributed by atoms with van der Waals surface area (Å²) >= 11 is 0. The second kappa shape index (κ2) is 7.33. The summed E-state index contributed by atoms with van der Waals surface area (Å²) in [6.45, 7) is 0. The van der Waals surface area contributed by atoms with Gasteiger partial charge in [0.25, 0.3) is 11.8 Å². The van der Waals surface area contributed by atoms with E-state index >= 15 is 0 Å². The van der Waals surface area contributed by atoms with Crippen LogP contribution in [0, 0.1) is 11.8 Å². The van der Waals surface area contributed by atoms with Gasteiger partial charge in [-0.2, -0.15) is 0 Å². The molecule has 0 unspecified atom stereocenters. The number of pyridine rings is 1. The Labute approximate surface area is 139 Å². The molecule has 2 amide bonds. The molecule has 0 aromatic carbocycles. The molecule has 2 aliphatic rings. The Bertz CT molecular complexity index is 635. The quantitative estimate of drug-likeness (QED) is 0.624. The van der Waals surface area contributed by atoms with Crippen LogP contribution in [-0.2, 0) is 19.2 Å². The monoisotopic (exact) mass is 329 g/mol. The first kappa shape index (κ1) is 16.3. The van der Waals surface area contributed by atoms with Crippen molar-refractivity contribution < 1.29 is 19.2 Å². The molecule has 0 N–H and O–H groups in total. The fraction of sp³-hybridized carbons (Fsp3) is 0.471. The average Bonchev–Trinajstić information content (AvgIpc) is 2.93. The van der Waals surface area contributed by atoms with E-state index in [2.05, 4.69) is 9.98 Å². The predicted molar refractivity (Wildman–Crippen MR) is 85.0 cm³/mol. The standard InChI is InChI=1S/C17H19N3O4/c21-15-8-9-16(22)20(15)24-17(23)13-6-4-12(5-7-13)11-19-14-3-1-2-10-18-14/h1-3,10-13H,4-9H2. The molecule has 0 spiro atoms. The van der Waals surface area contributed by atoms with Gasteiger partial charge >= 0.3 is 5.97 Å². The number of carbonyl (C=O) groups is 3. The molecule has 1 saturated carbocycles. The molecule has 2 fully saturated rings. The maximum absolute atomic E-state index is 12.1. The molecule has 1 aromatic heterocycles. The van der Waals surface area contributed by atoms with Gasteiger partial charge in [0.2, 0.25) is 0 Å². The van der Waals surface area contributed by atoms with E-state index in [-0.39, 0.29) is 18.8 Å². The predicted octanol–water partition coefficient (Wildman–Crippen LogP) is 2.20. The zero-order chi connectivity index (χ0) is 16.9. The molecule has 1 saturated heterocycles. The largest absolute Gasteiger partial charge is 0.336 e. The summed E-state index contributed by atoms with van der Waals surface area (Å²) < 4.78 is 0. The van der Waals surface area contributed by atoms with Crippen molar-refractivity contribution in [2.45, 2.75) is 38.5 Å². The van der Waals surface area contributed by atoms with Crippen LogP contribution in [0.25, 0.3) is 0 Å². The van der Waals surface area contributed by atoms with Crippen LogP contribution >= 0.6 is 0 Å². The molecule has 2 heterocycles. The van der Waals surface area contributed by atoms with Crippen molar-refractivity contribution in [2.75, 3.05) is 0 Å². The van der Waals surface area contributed by atoms with Crippen molar-refractivity contribution in [2.24, 2.45) is 16.8 Å². The van der Waals surface area contributed by atoms with Crippen molar-refractivity contribution >= 4 is 29.8 Å². The number of hydrogen-bond acceptors (Lipinski definition) is 6. The van der Waals surface area contributed by atoms with Crippen molar-refractivity contribution in [1.82, 2.24) is 10.0 Å². The van der Waals surface area contributed by atoms with E-state index < -0.39 is 17.8 Å². The van der Waals surface area contributed by atoms with Crippen molar-refractivity contribution in [1.29, 1.82) is 0 Å². The molecule has 126 valence electrons. The second-order valence-corrected chi connectivity index (χ2v) is 6.07. The minimum atomic E-state index is -0.487. The molecule has 0 atom stereocenters. The lowest BCUT2D eigenvalue weighted by Gasteiger charge is -2.25. The number of amides is 2. The van der Waals surface area contributed by atoms with E-state index in [1.165, 1.54) is 0 Å². The normalized spacial score (nSPS) is 24.6. The first-order valence-corrected chi connectivity index (χ1v) is 8.16. The van der Waals surface area contributed by atoms with Crippen LogP contribution in [0.2, 0.25) is 0 Å². The van der Waals surface area contributed by atoms with Crippen LogP contribution in [0.1, 0.15) is 38.5 Å². The number of rotatable bonds is 4. The Kier molecular flexibility index (Phi) is 4.98. The van der Waals surface area contributed by atoms with E-state index in [0.717, 1.165) is 12.8 Å². The molecule has 7 nitrogen and oxygen atoms in total. The van der Waals surface area contributed by atoms with Crippen molar-refractivity contribution in [3.05, 3.63) is 24.4 Å². The summed E-state index contributed by atoms with van der Waals surface area (Å²) in [7, 11) is 0. The molecular weight excluding hydrogens is 310 g/mol. The lowest BCUT2D eigenvalue weighted by atomic mass is 9.82. The van der Waals surface area contributed by atoms with Crippen LogP contribution in [0.4, 0.5) is 5.82 Å². The highest BCUT2D eigenvalue weighted by atomic mass is 16.7. The van der Waals surface area contributed by atoms with Gasteiger partial charge in [-0.15, -0.1) is 5.06 Å². The number of aromatic nitrogens is 1. The third-order valence-electron chi connectivity index (χ3n) is 4.36. The van der Waals surface area contributed by atoms with Gasteiger partial charge < -0.3 is 4.84 Å². The summed E-state index contributed by atoms with van der Waals surface area (Å²) in [5.74, 6) is -0.672. The van der Waals surface area contributed by atoms with Gasteiger partial charge in [-0.25, -0.2) is 14.8 Å². The van der Waals surface area contributed by atoms with Gasteiger partial charge in [0.1, 0.15) is 0 Å². The molecule has 24 heavy (non-hydrogen) atoms. The number of aliphatic imine (C=N–C) groups is 1. The van der Waals surface area contributed by atoms with Gasteiger partial charge in [0, 0.05) is 25.3 Å². The number of carbonyl (C=O) groups excluding carboxylic acids is 3. The van der Waals surface area contributed by atoms with Gasteiger partial charge in [0.15, 0.2) is 5.82 Å². The number of hydrogen-bond donors (Lipinski definition) is 0. The Balaban J connectivity index is 1.48. The SMILES string of the molecule is O=C(ON1C(=O)CCC1=O)C1CCC(C=Nc2ccccn2)CC1. The topological polar surface area (TPSA) is 88.9 Å². The van der Waals surface area contributed by atoms with Gasteiger partial charge in [-0.3, -0.25) is 9.59 Å². The Morgan fingerprint density at radius 1 is 1.17 bits per heavy atom. The van der Waals surface area contributed by atoms with Gasteiger partial charge in [-0.05, 0) is 43.7 Å². The Morgan fingerprint density at radius 2 is 1.88 bits per heavy atom. The van der Waals surface area contributed by atoms with E-state index in [1.54, 1.807) is 6.20 Å². The molecule has 3 rings (SSSR count). The van der Waals surface area contributed by atoms with E-state index in [9.17, 15) is 14.4 Å². The van der Waals surface area contributed by atoms with Crippen LogP contribution in [0.15, 0.2) is 29.4 Å². The summed E-state index contributed by atoms with van der Waals surface area (Å²) in [5, 5.41) is 0.622. The summed E-state index contributed by atoms with van der Waals surface area (Å²) in [4.78, 5) is 48.6. The maximum atomic E-state index is 12.1. The fourth-order valence-electron chi connectivity index (χ4n) is 2.94. The molecular formula is C17H19N3O4. The summed E-state index contributed by atoms with van der Waals surface area (Å²) in [6.07, 6.45) is 6.77. The fourth-order valence-corrected chi connectivity index (χ4v) is 2.94. The number of hydroxylamine groups is 2. The first-order chi connectivity index (χ1) is 11.6. The highest BCUT2D eigenvalue weighted by Crippen LogP contribution is 2.29. The van der Waals surface area contributed by atoms with Crippen LogP contribution in [-0.4, -0.2) is 34.0 Å². The zero-order valence-corrected chi connectivity index (χ0v) is 13.3. The molecule has 0 radical (unpaired) electrons. The Morgan fingerprint density at radius 3 is 2.50 bits per heavy atom. The van der Waals surface area contributed by atoms with Gasteiger partial charge in [-0.1, -0.05) is 6.07 Å². The van der Waals surface area contributed by atoms with Crippen LogP contribution in [0.5, 0.6) is 0 Å². The minimum absolute atomic E-state index is 0.114. The second-order valence-electron chi connectivity index (χ2n) is 6.07. The third-order valence-corrected chi connectivity index (χ3v) is 4.36. The first-order valence-electron chi connectivity index (χ1n) is 8.16. The lowest BCUT2D eigenvalue weighted by Crippen LogP contribution is -2.35. The van der Waals surface area contributed by atoms with E-state index in [1.807, 2.05) is 24.4 Å². The summed E-state index contributed by atoms with van der Waals surface area (Å²) in [5.41, 5.74) is 0. The summed E-state index contributed by atoms with van der Waals surface area (Å²) in [6, 6.07) is 5.56. The van der Waals surface area contributed by atoms with Crippen molar-refractivity contribution in [3.8, 4) is 0 Å². The molecule has 0 bridgehead atoms. The molecule has 1 aliphatic heterocycles. The minimum Gasteiger partial charge on any atom is -0.330 e. The van der Waals surface area contributed by atoms with E-state index in [0.29, 0.717) is 29.6 Å². The maximum Gasteiger partial charge on any atom is 0.336 e. The Hall–Kier alpha value is -2.57. The lowest BCUT2D eigenvalue weighted by molar-refractivity contribution is -0.201. The van der Waals surface area contributed by atoms with Gasteiger partial charge in [0.05, 0.1) is 5.92 Å².